The van der Waals surface area contributed by atoms with Gasteiger partial charge in [-0.2, -0.15) is 0 Å². The summed E-state index contributed by atoms with van der Waals surface area (Å²) in [6.45, 7) is 10.4. The van der Waals surface area contributed by atoms with E-state index in [2.05, 4.69) is 53.8 Å². The Bertz CT molecular complexity index is 408. The second-order valence-electron chi connectivity index (χ2n) is 6.19. The maximum absolute atomic E-state index is 4.63. The Labute approximate surface area is 123 Å². The van der Waals surface area contributed by atoms with Gasteiger partial charge < -0.3 is 9.88 Å². The highest BCUT2D eigenvalue weighted by atomic mass is 15.3. The van der Waals surface area contributed by atoms with Crippen LogP contribution in [0.1, 0.15) is 58.3 Å². The normalized spacial score (nSPS) is 21.0. The molecule has 1 fully saturated rings. The van der Waals surface area contributed by atoms with E-state index in [-0.39, 0.29) is 5.54 Å². The average molecular weight is 278 g/mol. The van der Waals surface area contributed by atoms with Gasteiger partial charge in [0.2, 0.25) is 0 Å². The Morgan fingerprint density at radius 2 is 2.05 bits per heavy atom. The van der Waals surface area contributed by atoms with E-state index in [1.165, 1.54) is 25.9 Å². The van der Waals surface area contributed by atoms with Gasteiger partial charge in [-0.3, -0.25) is 4.90 Å². The second-order valence-corrected chi connectivity index (χ2v) is 6.19. The van der Waals surface area contributed by atoms with Crippen molar-refractivity contribution in [3.05, 3.63) is 18.2 Å². The minimum Gasteiger partial charge on any atom is -0.337 e. The van der Waals surface area contributed by atoms with Gasteiger partial charge in [-0.15, -0.1) is 0 Å². The predicted molar refractivity (Wildman–Crippen MR) is 83.7 cm³/mol. The lowest BCUT2D eigenvalue weighted by Crippen LogP contribution is -2.54. The lowest BCUT2D eigenvalue weighted by Gasteiger charge is -2.44. The zero-order chi connectivity index (χ0) is 14.6. The van der Waals surface area contributed by atoms with E-state index < -0.39 is 0 Å². The molecule has 0 bridgehead atoms. The number of aryl methyl sites for hydroxylation is 1. The predicted octanol–water partition coefficient (Wildman–Crippen LogP) is 2.73. The molecule has 0 aromatic carbocycles. The summed E-state index contributed by atoms with van der Waals surface area (Å²) in [7, 11) is 2.10. The molecule has 4 nitrogen and oxygen atoms in total. The highest BCUT2D eigenvalue weighted by Gasteiger charge is 2.41. The summed E-state index contributed by atoms with van der Waals surface area (Å²) in [6, 6.07) is 0.297. The number of nitrogens with one attached hydrogen (secondary N) is 1. The Hall–Kier alpha value is -0.870. The second kappa shape index (κ2) is 6.72. The van der Waals surface area contributed by atoms with Crippen molar-refractivity contribution < 1.29 is 0 Å². The number of hydrogen-bond acceptors (Lipinski definition) is 3. The van der Waals surface area contributed by atoms with Crippen LogP contribution in [0.25, 0.3) is 0 Å². The first-order valence-electron chi connectivity index (χ1n) is 8.09. The lowest BCUT2D eigenvalue weighted by molar-refractivity contribution is 0.0792. The summed E-state index contributed by atoms with van der Waals surface area (Å²) >= 11 is 0. The fourth-order valence-corrected chi connectivity index (χ4v) is 3.37. The smallest absolute Gasteiger partial charge is 0.127 e. The van der Waals surface area contributed by atoms with Gasteiger partial charge in [-0.25, -0.2) is 4.98 Å². The van der Waals surface area contributed by atoms with Gasteiger partial charge >= 0.3 is 0 Å². The molecule has 1 N–H and O–H groups in total. The molecular weight excluding hydrogens is 248 g/mol. The molecule has 20 heavy (non-hydrogen) atoms. The molecule has 1 aliphatic rings. The molecule has 1 saturated heterocycles. The molecule has 2 unspecified atom stereocenters. The number of rotatable bonds is 7. The van der Waals surface area contributed by atoms with Crippen LogP contribution < -0.4 is 5.32 Å². The molecule has 2 atom stereocenters. The molecule has 1 aromatic rings. The van der Waals surface area contributed by atoms with Gasteiger partial charge in [0.15, 0.2) is 0 Å². The van der Waals surface area contributed by atoms with Crippen LogP contribution in [-0.2, 0) is 7.05 Å². The Morgan fingerprint density at radius 1 is 1.35 bits per heavy atom. The fourth-order valence-electron chi connectivity index (χ4n) is 3.37. The van der Waals surface area contributed by atoms with Crippen LogP contribution in [0.15, 0.2) is 12.4 Å². The number of imidazole rings is 1. The lowest BCUT2D eigenvalue weighted by atomic mass is 9.86. The largest absolute Gasteiger partial charge is 0.337 e. The molecule has 0 saturated carbocycles. The Kier molecular flexibility index (Phi) is 5.22. The van der Waals surface area contributed by atoms with Crippen molar-refractivity contribution in [3.8, 4) is 0 Å². The quantitative estimate of drug-likeness (QED) is 0.832. The maximum atomic E-state index is 4.63. The van der Waals surface area contributed by atoms with Crippen molar-refractivity contribution in [2.75, 3.05) is 19.6 Å². The van der Waals surface area contributed by atoms with Gasteiger partial charge in [0.1, 0.15) is 5.82 Å². The Balaban J connectivity index is 2.30. The minimum atomic E-state index is 0.144. The van der Waals surface area contributed by atoms with Crippen molar-refractivity contribution in [2.24, 2.45) is 7.05 Å². The summed E-state index contributed by atoms with van der Waals surface area (Å²) in [5, 5.41) is 3.76. The van der Waals surface area contributed by atoms with E-state index in [1.54, 1.807) is 0 Å². The van der Waals surface area contributed by atoms with Crippen LogP contribution >= 0.6 is 0 Å². The fraction of sp³-hybridized carbons (Fsp3) is 0.812. The highest BCUT2D eigenvalue weighted by molar-refractivity contribution is 5.10. The van der Waals surface area contributed by atoms with Crippen LogP contribution in [0.4, 0.5) is 0 Å². The number of aromatic nitrogens is 2. The van der Waals surface area contributed by atoms with E-state index in [9.17, 15) is 0 Å². The third-order valence-electron chi connectivity index (χ3n) is 4.88. The van der Waals surface area contributed by atoms with Crippen LogP contribution in [0.3, 0.4) is 0 Å². The van der Waals surface area contributed by atoms with Crippen molar-refractivity contribution in [2.45, 2.75) is 58.0 Å². The molecule has 1 aromatic heterocycles. The minimum absolute atomic E-state index is 0.144. The number of hydrogen-bond donors (Lipinski definition) is 1. The third kappa shape index (κ3) is 2.91. The van der Waals surface area contributed by atoms with Crippen LogP contribution in [-0.4, -0.2) is 39.6 Å². The van der Waals surface area contributed by atoms with Gasteiger partial charge in [-0.1, -0.05) is 13.8 Å². The van der Waals surface area contributed by atoms with E-state index in [0.29, 0.717) is 6.04 Å². The first-order chi connectivity index (χ1) is 9.63. The van der Waals surface area contributed by atoms with Gasteiger partial charge in [0.05, 0.1) is 6.04 Å². The summed E-state index contributed by atoms with van der Waals surface area (Å²) in [6.07, 6.45) is 8.92. The number of nitrogens with zero attached hydrogens (tertiary/aromatic N) is 3. The zero-order valence-corrected chi connectivity index (χ0v) is 13.5. The highest BCUT2D eigenvalue weighted by Crippen LogP contribution is 2.35. The SMILES string of the molecule is CCCNC(c1nccn1C)C(C)(CC)N1CCCC1. The van der Waals surface area contributed by atoms with Gasteiger partial charge in [0, 0.05) is 25.0 Å². The Morgan fingerprint density at radius 3 is 2.55 bits per heavy atom. The summed E-state index contributed by atoms with van der Waals surface area (Å²) < 4.78 is 2.16. The third-order valence-corrected chi connectivity index (χ3v) is 4.88. The molecule has 2 rings (SSSR count). The van der Waals surface area contributed by atoms with Crippen molar-refractivity contribution in [1.29, 1.82) is 0 Å². The molecule has 0 amide bonds. The summed E-state index contributed by atoms with van der Waals surface area (Å²) in [5.41, 5.74) is 0.144. The standard InChI is InChI=1S/C16H30N4/c1-5-9-17-14(15-18-10-13-19(15)4)16(3,6-2)20-11-7-8-12-20/h10,13-14,17H,5-9,11-12H2,1-4H3. The van der Waals surface area contributed by atoms with E-state index in [0.717, 1.165) is 25.2 Å². The zero-order valence-electron chi connectivity index (χ0n) is 13.5. The van der Waals surface area contributed by atoms with E-state index in [1.807, 2.05) is 6.20 Å². The van der Waals surface area contributed by atoms with Crippen LogP contribution in [0.5, 0.6) is 0 Å². The summed E-state index contributed by atoms with van der Waals surface area (Å²) in [5.74, 6) is 1.16. The van der Waals surface area contributed by atoms with Crippen molar-refractivity contribution >= 4 is 0 Å². The molecular formula is C16H30N4. The van der Waals surface area contributed by atoms with Gasteiger partial charge in [0.25, 0.3) is 0 Å². The molecule has 2 heterocycles. The van der Waals surface area contributed by atoms with Crippen LogP contribution in [0.2, 0.25) is 0 Å². The van der Waals surface area contributed by atoms with Crippen molar-refractivity contribution in [3.63, 3.8) is 0 Å². The van der Waals surface area contributed by atoms with Gasteiger partial charge in [-0.05, 0) is 52.2 Å². The summed E-state index contributed by atoms with van der Waals surface area (Å²) in [4.78, 5) is 7.29. The molecule has 4 heteroatoms. The number of likely N-dealkylation sites (tertiary alicyclic amines) is 1. The molecule has 0 spiro atoms. The maximum Gasteiger partial charge on any atom is 0.127 e. The van der Waals surface area contributed by atoms with E-state index >= 15 is 0 Å². The molecule has 1 aliphatic heterocycles. The molecule has 114 valence electrons. The topological polar surface area (TPSA) is 33.1 Å². The van der Waals surface area contributed by atoms with Crippen LogP contribution in [0, 0.1) is 0 Å². The monoisotopic (exact) mass is 278 g/mol. The average Bonchev–Trinajstić information content (AvgIpc) is 3.11. The first-order valence-corrected chi connectivity index (χ1v) is 8.09. The first kappa shape index (κ1) is 15.5. The molecule has 0 radical (unpaired) electrons. The van der Waals surface area contributed by atoms with E-state index in [4.69, 9.17) is 0 Å². The van der Waals surface area contributed by atoms with Crippen molar-refractivity contribution in [1.82, 2.24) is 19.8 Å². The molecule has 0 aliphatic carbocycles.